The molecule has 0 spiro atoms. The molecule has 0 aromatic heterocycles. The second kappa shape index (κ2) is 9.63. The van der Waals surface area contributed by atoms with Gasteiger partial charge in [-0.15, -0.1) is 0 Å². The SMILES string of the molecule is CCC/C=C\[C@H]1CC[C@H](c2ccc(C(F)(F)Oc3cc(F)c(F)c(F)c3)cc2)CC1. The Kier molecular flexibility index (Phi) is 7.16. The van der Waals surface area contributed by atoms with E-state index in [4.69, 9.17) is 0 Å². The Morgan fingerprint density at radius 1 is 0.967 bits per heavy atom. The Balaban J connectivity index is 1.63. The Morgan fingerprint density at radius 3 is 2.13 bits per heavy atom. The average Bonchev–Trinajstić information content (AvgIpc) is 2.72. The molecule has 1 fully saturated rings. The molecule has 0 atom stereocenters. The number of unbranched alkanes of at least 4 members (excludes halogenated alkanes) is 1. The van der Waals surface area contributed by atoms with Crippen LogP contribution in [0.3, 0.4) is 0 Å². The number of rotatable bonds is 7. The highest BCUT2D eigenvalue weighted by Gasteiger charge is 2.35. The molecule has 6 heteroatoms. The molecule has 0 saturated heterocycles. The third-order valence-electron chi connectivity index (χ3n) is 5.56. The topological polar surface area (TPSA) is 9.23 Å². The highest BCUT2D eigenvalue weighted by Crippen LogP contribution is 2.38. The van der Waals surface area contributed by atoms with Gasteiger partial charge in [-0.05, 0) is 61.6 Å². The lowest BCUT2D eigenvalue weighted by Gasteiger charge is -2.27. The van der Waals surface area contributed by atoms with Gasteiger partial charge < -0.3 is 4.74 Å². The van der Waals surface area contributed by atoms with E-state index in [1.807, 2.05) is 0 Å². The van der Waals surface area contributed by atoms with Crippen molar-refractivity contribution in [2.24, 2.45) is 5.92 Å². The van der Waals surface area contributed by atoms with Gasteiger partial charge in [-0.2, -0.15) is 8.78 Å². The zero-order chi connectivity index (χ0) is 21.7. The van der Waals surface area contributed by atoms with Crippen molar-refractivity contribution in [2.45, 2.75) is 57.5 Å². The summed E-state index contributed by atoms with van der Waals surface area (Å²) in [6.45, 7) is 2.15. The van der Waals surface area contributed by atoms with Crippen LogP contribution in [0.15, 0.2) is 48.6 Å². The van der Waals surface area contributed by atoms with Gasteiger partial charge in [-0.1, -0.05) is 37.6 Å². The van der Waals surface area contributed by atoms with Crippen molar-refractivity contribution in [1.82, 2.24) is 0 Å². The Hall–Kier alpha value is -2.37. The van der Waals surface area contributed by atoms with Crippen molar-refractivity contribution < 1.29 is 26.7 Å². The Bertz CT molecular complexity index is 845. The van der Waals surface area contributed by atoms with Gasteiger partial charge in [0.05, 0.1) is 5.56 Å². The summed E-state index contributed by atoms with van der Waals surface area (Å²) < 4.78 is 72.8. The van der Waals surface area contributed by atoms with Gasteiger partial charge in [0, 0.05) is 12.1 Å². The fraction of sp³-hybridized carbons (Fsp3) is 0.417. The largest absolute Gasteiger partial charge is 0.429 e. The monoisotopic (exact) mass is 424 g/mol. The van der Waals surface area contributed by atoms with Crippen LogP contribution in [0.25, 0.3) is 0 Å². The minimum Gasteiger partial charge on any atom is -0.429 e. The summed E-state index contributed by atoms with van der Waals surface area (Å²) in [5.74, 6) is -4.78. The first-order chi connectivity index (χ1) is 14.3. The molecule has 30 heavy (non-hydrogen) atoms. The van der Waals surface area contributed by atoms with E-state index in [1.165, 1.54) is 12.1 Å². The molecule has 2 aromatic rings. The van der Waals surface area contributed by atoms with E-state index in [9.17, 15) is 22.0 Å². The van der Waals surface area contributed by atoms with E-state index in [0.717, 1.165) is 44.1 Å². The van der Waals surface area contributed by atoms with Crippen LogP contribution < -0.4 is 4.74 Å². The van der Waals surface area contributed by atoms with Crippen LogP contribution in [0.1, 0.15) is 62.5 Å². The van der Waals surface area contributed by atoms with Crippen molar-refractivity contribution in [1.29, 1.82) is 0 Å². The summed E-state index contributed by atoms with van der Waals surface area (Å²) in [4.78, 5) is 0. The molecule has 0 heterocycles. The standard InChI is InChI=1S/C24H25F5O/c1-2-3-4-5-16-6-8-17(9-7-16)18-10-12-19(13-11-18)24(28,29)30-20-14-21(25)23(27)22(26)15-20/h4-5,10-17H,2-3,6-9H2,1H3/b5-4-/t16-,17-. The van der Waals surface area contributed by atoms with Crippen LogP contribution >= 0.6 is 0 Å². The zero-order valence-electron chi connectivity index (χ0n) is 16.8. The summed E-state index contributed by atoms with van der Waals surface area (Å²) in [5.41, 5.74) is 0.553. The second-order valence-electron chi connectivity index (χ2n) is 7.77. The fourth-order valence-corrected chi connectivity index (χ4v) is 3.85. The number of halogens is 5. The van der Waals surface area contributed by atoms with E-state index in [0.29, 0.717) is 24.0 Å². The molecule has 0 bridgehead atoms. The van der Waals surface area contributed by atoms with Crippen LogP contribution in [0, 0.1) is 23.4 Å². The maximum atomic E-state index is 14.4. The van der Waals surface area contributed by atoms with E-state index in [2.05, 4.69) is 23.8 Å². The average molecular weight is 424 g/mol. The van der Waals surface area contributed by atoms with Crippen molar-refractivity contribution >= 4 is 0 Å². The first kappa shape index (κ1) is 22.3. The van der Waals surface area contributed by atoms with Crippen molar-refractivity contribution in [2.75, 3.05) is 0 Å². The van der Waals surface area contributed by atoms with Crippen molar-refractivity contribution in [3.63, 3.8) is 0 Å². The molecule has 1 nitrogen and oxygen atoms in total. The molecule has 1 aliphatic carbocycles. The summed E-state index contributed by atoms with van der Waals surface area (Å²) in [5, 5.41) is 0. The molecule has 0 N–H and O–H groups in total. The minimum atomic E-state index is -3.81. The summed E-state index contributed by atoms with van der Waals surface area (Å²) in [6.07, 6.45) is 7.11. The molecule has 1 aliphatic rings. The van der Waals surface area contributed by atoms with Gasteiger partial charge in [0.1, 0.15) is 5.75 Å². The van der Waals surface area contributed by atoms with Gasteiger partial charge in [0.25, 0.3) is 0 Å². The lowest BCUT2D eigenvalue weighted by Crippen LogP contribution is -2.22. The lowest BCUT2D eigenvalue weighted by molar-refractivity contribution is -0.185. The molecule has 0 unspecified atom stereocenters. The minimum absolute atomic E-state index is 0.324. The van der Waals surface area contributed by atoms with Gasteiger partial charge >= 0.3 is 6.11 Å². The van der Waals surface area contributed by atoms with Crippen LogP contribution in [-0.2, 0) is 6.11 Å². The first-order valence-corrected chi connectivity index (χ1v) is 10.3. The molecule has 0 amide bonds. The Morgan fingerprint density at radius 2 is 1.57 bits per heavy atom. The van der Waals surface area contributed by atoms with Crippen LogP contribution in [-0.4, -0.2) is 0 Å². The van der Waals surface area contributed by atoms with Gasteiger partial charge in [-0.3, -0.25) is 0 Å². The van der Waals surface area contributed by atoms with Crippen molar-refractivity contribution in [3.8, 4) is 5.75 Å². The highest BCUT2D eigenvalue weighted by atomic mass is 19.3. The number of alkyl halides is 2. The molecule has 0 aliphatic heterocycles. The molecular formula is C24H25F5O. The third-order valence-corrected chi connectivity index (χ3v) is 5.56. The molecule has 0 radical (unpaired) electrons. The molecule has 2 aromatic carbocycles. The van der Waals surface area contributed by atoms with Crippen LogP contribution in [0.5, 0.6) is 5.75 Å². The quantitative estimate of drug-likeness (QED) is 0.250. The maximum Gasteiger partial charge on any atom is 0.426 e. The number of hydrogen-bond donors (Lipinski definition) is 0. The van der Waals surface area contributed by atoms with E-state index in [-0.39, 0.29) is 0 Å². The van der Waals surface area contributed by atoms with E-state index < -0.39 is 34.9 Å². The van der Waals surface area contributed by atoms with Crippen LogP contribution in [0.2, 0.25) is 0 Å². The number of benzene rings is 2. The number of ether oxygens (including phenoxy) is 1. The molecule has 3 rings (SSSR count). The zero-order valence-corrected chi connectivity index (χ0v) is 16.8. The fourth-order valence-electron chi connectivity index (χ4n) is 3.85. The highest BCUT2D eigenvalue weighted by molar-refractivity contribution is 5.30. The van der Waals surface area contributed by atoms with Gasteiger partial charge in [0.15, 0.2) is 17.5 Å². The molecular weight excluding hydrogens is 399 g/mol. The predicted molar refractivity (Wildman–Crippen MR) is 106 cm³/mol. The third kappa shape index (κ3) is 5.41. The lowest BCUT2D eigenvalue weighted by atomic mass is 9.78. The van der Waals surface area contributed by atoms with Gasteiger partial charge in [0.2, 0.25) is 0 Å². The second-order valence-corrected chi connectivity index (χ2v) is 7.77. The molecule has 162 valence electrons. The number of allylic oxidation sites excluding steroid dienone is 2. The summed E-state index contributed by atoms with van der Waals surface area (Å²) in [7, 11) is 0. The van der Waals surface area contributed by atoms with E-state index in [1.54, 1.807) is 12.1 Å². The van der Waals surface area contributed by atoms with Crippen LogP contribution in [0.4, 0.5) is 22.0 Å². The first-order valence-electron chi connectivity index (χ1n) is 10.3. The maximum absolute atomic E-state index is 14.4. The normalized spacial score (nSPS) is 19.9. The van der Waals surface area contributed by atoms with E-state index >= 15 is 0 Å². The number of hydrogen-bond acceptors (Lipinski definition) is 1. The van der Waals surface area contributed by atoms with Gasteiger partial charge in [-0.25, -0.2) is 13.2 Å². The predicted octanol–water partition coefficient (Wildman–Crippen LogP) is 7.86. The Labute approximate surface area is 173 Å². The summed E-state index contributed by atoms with van der Waals surface area (Å²) >= 11 is 0. The summed E-state index contributed by atoms with van der Waals surface area (Å²) in [6, 6.07) is 6.62. The van der Waals surface area contributed by atoms with Crippen molar-refractivity contribution in [3.05, 3.63) is 77.1 Å². The smallest absolute Gasteiger partial charge is 0.426 e. The molecule has 1 saturated carbocycles.